The van der Waals surface area contributed by atoms with E-state index in [4.69, 9.17) is 4.52 Å². The third-order valence-corrected chi connectivity index (χ3v) is 5.44. The maximum absolute atomic E-state index is 12.8. The van der Waals surface area contributed by atoms with Gasteiger partial charge in [-0.1, -0.05) is 19.0 Å². The molecule has 24 heavy (non-hydrogen) atoms. The SMILES string of the molecule is Cc1noc2ncnc(N3CCN(C(=O)C(C)(C)C4CC4)CC3)c12. The molecule has 7 heteroatoms. The van der Waals surface area contributed by atoms with Crippen LogP contribution in [0.1, 0.15) is 32.4 Å². The molecule has 1 aliphatic carbocycles. The Morgan fingerprint density at radius 2 is 1.92 bits per heavy atom. The van der Waals surface area contributed by atoms with Crippen LogP contribution in [0.2, 0.25) is 0 Å². The first kappa shape index (κ1) is 15.4. The topological polar surface area (TPSA) is 75.4 Å². The summed E-state index contributed by atoms with van der Waals surface area (Å²) in [5, 5.41) is 4.86. The summed E-state index contributed by atoms with van der Waals surface area (Å²) in [5.41, 5.74) is 1.09. The van der Waals surface area contributed by atoms with Gasteiger partial charge in [-0.05, 0) is 25.7 Å². The lowest BCUT2D eigenvalue weighted by molar-refractivity contribution is -0.141. The maximum atomic E-state index is 12.8. The summed E-state index contributed by atoms with van der Waals surface area (Å²) < 4.78 is 5.23. The predicted octanol–water partition coefficient (Wildman–Crippen LogP) is 2.01. The van der Waals surface area contributed by atoms with E-state index in [1.807, 2.05) is 11.8 Å². The van der Waals surface area contributed by atoms with Crippen molar-refractivity contribution in [2.24, 2.45) is 11.3 Å². The minimum atomic E-state index is -0.227. The molecule has 2 aromatic rings. The lowest BCUT2D eigenvalue weighted by Gasteiger charge is -2.39. The van der Waals surface area contributed by atoms with Crippen LogP contribution in [0.4, 0.5) is 5.82 Å². The lowest BCUT2D eigenvalue weighted by Crippen LogP contribution is -2.52. The number of nitrogens with zero attached hydrogens (tertiary/aromatic N) is 5. The smallest absolute Gasteiger partial charge is 0.263 e. The highest BCUT2D eigenvalue weighted by Crippen LogP contribution is 2.46. The van der Waals surface area contributed by atoms with Gasteiger partial charge in [-0.25, -0.2) is 4.98 Å². The van der Waals surface area contributed by atoms with E-state index in [0.29, 0.717) is 17.5 Å². The van der Waals surface area contributed by atoms with Crippen LogP contribution in [0.15, 0.2) is 10.9 Å². The second-order valence-electron chi connectivity index (χ2n) is 7.42. The number of hydrogen-bond donors (Lipinski definition) is 0. The molecule has 4 rings (SSSR count). The van der Waals surface area contributed by atoms with Crippen LogP contribution in [0.3, 0.4) is 0 Å². The Kier molecular flexibility index (Phi) is 3.47. The number of hydrogen-bond acceptors (Lipinski definition) is 6. The quantitative estimate of drug-likeness (QED) is 0.857. The molecular formula is C17H23N5O2. The summed E-state index contributed by atoms with van der Waals surface area (Å²) in [7, 11) is 0. The molecule has 1 saturated heterocycles. The van der Waals surface area contributed by atoms with Gasteiger partial charge in [0.05, 0.1) is 5.69 Å². The molecule has 0 unspecified atom stereocenters. The Hall–Kier alpha value is -2.18. The van der Waals surface area contributed by atoms with E-state index in [9.17, 15) is 4.79 Å². The van der Waals surface area contributed by atoms with Crippen molar-refractivity contribution < 1.29 is 9.32 Å². The van der Waals surface area contributed by atoms with Crippen LogP contribution < -0.4 is 4.90 Å². The van der Waals surface area contributed by atoms with Gasteiger partial charge in [0.15, 0.2) is 0 Å². The number of amides is 1. The number of rotatable bonds is 3. The minimum Gasteiger partial charge on any atom is -0.352 e. The van der Waals surface area contributed by atoms with Crippen molar-refractivity contribution >= 4 is 22.8 Å². The number of anilines is 1. The van der Waals surface area contributed by atoms with Gasteiger partial charge in [-0.3, -0.25) is 4.79 Å². The molecule has 0 N–H and O–H groups in total. The van der Waals surface area contributed by atoms with Gasteiger partial charge >= 0.3 is 0 Å². The van der Waals surface area contributed by atoms with Gasteiger partial charge in [0, 0.05) is 31.6 Å². The minimum absolute atomic E-state index is 0.227. The summed E-state index contributed by atoms with van der Waals surface area (Å²) in [6, 6.07) is 0. The number of aromatic nitrogens is 3. The number of carbonyl (C=O) groups is 1. The van der Waals surface area contributed by atoms with Gasteiger partial charge in [0.25, 0.3) is 5.71 Å². The normalized spacial score (nSPS) is 19.1. The molecule has 0 radical (unpaired) electrons. The lowest BCUT2D eigenvalue weighted by atomic mass is 9.85. The molecule has 0 bridgehead atoms. The second-order valence-corrected chi connectivity index (χ2v) is 7.42. The zero-order valence-corrected chi connectivity index (χ0v) is 14.4. The third kappa shape index (κ3) is 2.42. The monoisotopic (exact) mass is 329 g/mol. The Morgan fingerprint density at radius 1 is 1.21 bits per heavy atom. The molecule has 2 fully saturated rings. The molecule has 0 atom stereocenters. The molecule has 1 saturated carbocycles. The first-order chi connectivity index (χ1) is 11.5. The van der Waals surface area contributed by atoms with E-state index in [1.165, 1.54) is 19.2 Å². The van der Waals surface area contributed by atoms with E-state index in [0.717, 1.165) is 43.1 Å². The van der Waals surface area contributed by atoms with Gasteiger partial charge in [-0.2, -0.15) is 4.98 Å². The molecule has 2 aromatic heterocycles. The molecule has 2 aliphatic rings. The largest absolute Gasteiger partial charge is 0.352 e. The van der Waals surface area contributed by atoms with Gasteiger partial charge < -0.3 is 14.3 Å². The Balaban J connectivity index is 1.50. The summed E-state index contributed by atoms with van der Waals surface area (Å²) >= 11 is 0. The van der Waals surface area contributed by atoms with Crippen LogP contribution in [0.5, 0.6) is 0 Å². The predicted molar refractivity (Wildman–Crippen MR) is 89.6 cm³/mol. The van der Waals surface area contributed by atoms with Crippen molar-refractivity contribution in [1.82, 2.24) is 20.0 Å². The highest BCUT2D eigenvalue weighted by molar-refractivity contribution is 5.88. The van der Waals surface area contributed by atoms with Crippen LogP contribution >= 0.6 is 0 Å². The van der Waals surface area contributed by atoms with E-state index in [2.05, 4.69) is 33.9 Å². The van der Waals surface area contributed by atoms with Crippen molar-refractivity contribution in [3.8, 4) is 0 Å². The number of aryl methyl sites for hydroxylation is 1. The maximum Gasteiger partial charge on any atom is 0.263 e. The molecule has 128 valence electrons. The van der Waals surface area contributed by atoms with E-state index >= 15 is 0 Å². The summed E-state index contributed by atoms with van der Waals surface area (Å²) in [4.78, 5) is 25.6. The molecule has 7 nitrogen and oxygen atoms in total. The average molecular weight is 329 g/mol. The molecule has 1 amide bonds. The molecular weight excluding hydrogens is 306 g/mol. The molecule has 0 aromatic carbocycles. The molecule has 3 heterocycles. The number of piperazine rings is 1. The van der Waals surface area contributed by atoms with E-state index in [-0.39, 0.29) is 5.41 Å². The van der Waals surface area contributed by atoms with Crippen molar-refractivity contribution in [1.29, 1.82) is 0 Å². The highest BCUT2D eigenvalue weighted by atomic mass is 16.5. The van der Waals surface area contributed by atoms with Crippen molar-refractivity contribution in [2.75, 3.05) is 31.1 Å². The van der Waals surface area contributed by atoms with Crippen molar-refractivity contribution in [2.45, 2.75) is 33.6 Å². The Bertz CT molecular complexity index is 772. The van der Waals surface area contributed by atoms with E-state index < -0.39 is 0 Å². The highest BCUT2D eigenvalue weighted by Gasteiger charge is 2.45. The van der Waals surface area contributed by atoms with E-state index in [1.54, 1.807) is 0 Å². The zero-order valence-electron chi connectivity index (χ0n) is 14.4. The van der Waals surface area contributed by atoms with Crippen LogP contribution in [-0.2, 0) is 4.79 Å². The standard InChI is InChI=1S/C17H23N5O2/c1-11-13-14(18-10-19-15(13)24-20-11)21-6-8-22(9-7-21)16(23)17(2,3)12-4-5-12/h10,12H,4-9H2,1-3H3. The fourth-order valence-corrected chi connectivity index (χ4v) is 3.65. The van der Waals surface area contributed by atoms with Crippen molar-refractivity contribution in [3.05, 3.63) is 12.0 Å². The second kappa shape index (κ2) is 5.43. The first-order valence-electron chi connectivity index (χ1n) is 8.60. The third-order valence-electron chi connectivity index (χ3n) is 5.44. The summed E-state index contributed by atoms with van der Waals surface area (Å²) in [6.07, 6.45) is 3.88. The van der Waals surface area contributed by atoms with Crippen LogP contribution in [0, 0.1) is 18.3 Å². The Morgan fingerprint density at radius 3 is 2.58 bits per heavy atom. The molecule has 1 aliphatic heterocycles. The van der Waals surface area contributed by atoms with Gasteiger partial charge in [0.2, 0.25) is 5.91 Å². The number of carbonyl (C=O) groups excluding carboxylic acids is 1. The van der Waals surface area contributed by atoms with Crippen LogP contribution in [0.25, 0.3) is 11.1 Å². The zero-order chi connectivity index (χ0) is 16.9. The first-order valence-corrected chi connectivity index (χ1v) is 8.60. The number of fused-ring (bicyclic) bond motifs is 1. The fraction of sp³-hybridized carbons (Fsp3) is 0.647. The fourth-order valence-electron chi connectivity index (χ4n) is 3.65. The van der Waals surface area contributed by atoms with Crippen LogP contribution in [-0.4, -0.2) is 52.1 Å². The summed E-state index contributed by atoms with van der Waals surface area (Å²) in [6.45, 7) is 9.07. The molecule has 0 spiro atoms. The summed E-state index contributed by atoms with van der Waals surface area (Å²) in [5.74, 6) is 1.70. The Labute approximate surface area is 141 Å². The average Bonchev–Trinajstić information content (AvgIpc) is 3.39. The van der Waals surface area contributed by atoms with Gasteiger partial charge in [-0.15, -0.1) is 0 Å². The van der Waals surface area contributed by atoms with Crippen molar-refractivity contribution in [3.63, 3.8) is 0 Å². The van der Waals surface area contributed by atoms with Gasteiger partial charge in [0.1, 0.15) is 17.5 Å².